The van der Waals surface area contributed by atoms with Gasteiger partial charge in [0.25, 0.3) is 0 Å². The number of amides is 1. The summed E-state index contributed by atoms with van der Waals surface area (Å²) in [5, 5.41) is 6.21. The molecule has 108 valence electrons. The smallest absolute Gasteiger partial charge is 0.246 e. The van der Waals surface area contributed by atoms with E-state index in [1.165, 1.54) is 20.8 Å². The standard InChI is InChI=1S/C11H19N3O4S/c1-5-6-12-11(15)8(3)14-19(16,17)10-7(2)13-18-9(10)4/h8,14H,5-6H2,1-4H3,(H,12,15)/t8-/m0/s1. The first-order valence-corrected chi connectivity index (χ1v) is 7.50. The Morgan fingerprint density at radius 3 is 2.53 bits per heavy atom. The van der Waals surface area contributed by atoms with E-state index in [4.69, 9.17) is 4.52 Å². The van der Waals surface area contributed by atoms with Crippen molar-refractivity contribution in [2.45, 2.75) is 45.1 Å². The quantitative estimate of drug-likeness (QED) is 0.793. The summed E-state index contributed by atoms with van der Waals surface area (Å²) in [5.41, 5.74) is 0.270. The molecule has 0 aliphatic heterocycles. The zero-order chi connectivity index (χ0) is 14.6. The molecule has 0 aromatic carbocycles. The molecule has 0 bridgehead atoms. The second kappa shape index (κ2) is 6.16. The molecule has 2 N–H and O–H groups in total. The molecule has 8 heteroatoms. The van der Waals surface area contributed by atoms with Crippen LogP contribution in [0.15, 0.2) is 9.42 Å². The van der Waals surface area contributed by atoms with Crippen molar-refractivity contribution < 1.29 is 17.7 Å². The molecule has 0 radical (unpaired) electrons. The predicted octanol–water partition coefficient (Wildman–Crippen LogP) is 0.484. The van der Waals surface area contributed by atoms with Gasteiger partial charge in [-0.25, -0.2) is 8.42 Å². The van der Waals surface area contributed by atoms with Crippen LogP contribution >= 0.6 is 0 Å². The minimum atomic E-state index is -3.81. The van der Waals surface area contributed by atoms with Gasteiger partial charge in [0, 0.05) is 6.54 Å². The van der Waals surface area contributed by atoms with E-state index in [1.807, 2.05) is 6.92 Å². The first kappa shape index (κ1) is 15.6. The monoisotopic (exact) mass is 289 g/mol. The van der Waals surface area contributed by atoms with Crippen LogP contribution in [-0.4, -0.2) is 32.1 Å². The SMILES string of the molecule is CCCNC(=O)[C@H](C)NS(=O)(=O)c1c(C)noc1C. The fourth-order valence-electron chi connectivity index (χ4n) is 1.60. The summed E-state index contributed by atoms with van der Waals surface area (Å²) in [5.74, 6) is -0.164. The number of nitrogens with zero attached hydrogens (tertiary/aromatic N) is 1. The zero-order valence-corrected chi connectivity index (χ0v) is 12.3. The van der Waals surface area contributed by atoms with Crippen molar-refractivity contribution in [2.24, 2.45) is 0 Å². The maximum atomic E-state index is 12.1. The Morgan fingerprint density at radius 2 is 2.05 bits per heavy atom. The molecule has 1 rings (SSSR count). The van der Waals surface area contributed by atoms with Crippen LogP contribution < -0.4 is 10.0 Å². The largest absolute Gasteiger partial charge is 0.360 e. The van der Waals surface area contributed by atoms with Crippen LogP contribution in [0.4, 0.5) is 0 Å². The van der Waals surface area contributed by atoms with Crippen LogP contribution in [0.3, 0.4) is 0 Å². The summed E-state index contributed by atoms with van der Waals surface area (Å²) < 4.78 is 31.4. The van der Waals surface area contributed by atoms with E-state index in [0.29, 0.717) is 6.54 Å². The molecular weight excluding hydrogens is 270 g/mol. The van der Waals surface area contributed by atoms with Crippen molar-refractivity contribution in [1.82, 2.24) is 15.2 Å². The van der Waals surface area contributed by atoms with Crippen LogP contribution in [0.25, 0.3) is 0 Å². The molecule has 0 aliphatic rings. The molecule has 19 heavy (non-hydrogen) atoms. The number of rotatable bonds is 6. The van der Waals surface area contributed by atoms with Gasteiger partial charge in [-0.15, -0.1) is 0 Å². The van der Waals surface area contributed by atoms with Crippen LogP contribution in [0.1, 0.15) is 31.7 Å². The van der Waals surface area contributed by atoms with E-state index < -0.39 is 16.1 Å². The summed E-state index contributed by atoms with van der Waals surface area (Å²) in [6.45, 7) is 6.96. The Morgan fingerprint density at radius 1 is 1.42 bits per heavy atom. The molecular formula is C11H19N3O4S. The van der Waals surface area contributed by atoms with Gasteiger partial charge >= 0.3 is 0 Å². The minimum absolute atomic E-state index is 0.0114. The summed E-state index contributed by atoms with van der Waals surface area (Å²) in [6, 6.07) is -0.856. The summed E-state index contributed by atoms with van der Waals surface area (Å²) in [4.78, 5) is 11.6. The van der Waals surface area contributed by atoms with E-state index in [-0.39, 0.29) is 22.3 Å². The highest BCUT2D eigenvalue weighted by Gasteiger charge is 2.27. The third kappa shape index (κ3) is 3.77. The normalized spacial score (nSPS) is 13.3. The second-order valence-corrected chi connectivity index (χ2v) is 5.94. The highest BCUT2D eigenvalue weighted by atomic mass is 32.2. The minimum Gasteiger partial charge on any atom is -0.360 e. The summed E-state index contributed by atoms with van der Waals surface area (Å²) in [6.07, 6.45) is 0.787. The number of carbonyl (C=O) groups is 1. The number of carbonyl (C=O) groups excluding carboxylic acids is 1. The highest BCUT2D eigenvalue weighted by Crippen LogP contribution is 2.18. The molecule has 0 spiro atoms. The fraction of sp³-hybridized carbons (Fsp3) is 0.636. The van der Waals surface area contributed by atoms with Crippen LogP contribution in [0.5, 0.6) is 0 Å². The molecule has 0 fully saturated rings. The molecule has 0 unspecified atom stereocenters. The van der Waals surface area contributed by atoms with Crippen LogP contribution in [-0.2, 0) is 14.8 Å². The second-order valence-electron chi connectivity index (χ2n) is 4.29. The number of aryl methyl sites for hydroxylation is 2. The first-order chi connectivity index (χ1) is 8.79. The molecule has 7 nitrogen and oxygen atoms in total. The van der Waals surface area contributed by atoms with Crippen molar-refractivity contribution in [3.05, 3.63) is 11.5 Å². The topological polar surface area (TPSA) is 101 Å². The van der Waals surface area contributed by atoms with E-state index >= 15 is 0 Å². The average Bonchev–Trinajstić information content (AvgIpc) is 2.65. The number of hydrogen-bond acceptors (Lipinski definition) is 5. The van der Waals surface area contributed by atoms with Gasteiger partial charge in [0.15, 0.2) is 5.76 Å². The third-order valence-corrected chi connectivity index (χ3v) is 4.30. The van der Waals surface area contributed by atoms with Crippen LogP contribution in [0, 0.1) is 13.8 Å². The van der Waals surface area contributed by atoms with Gasteiger partial charge in [-0.05, 0) is 27.2 Å². The Hall–Kier alpha value is -1.41. The Balaban J connectivity index is 2.84. The van der Waals surface area contributed by atoms with Crippen molar-refractivity contribution in [1.29, 1.82) is 0 Å². The van der Waals surface area contributed by atoms with Crippen molar-refractivity contribution in [3.63, 3.8) is 0 Å². The molecule has 1 amide bonds. The van der Waals surface area contributed by atoms with E-state index in [1.54, 1.807) is 0 Å². The van der Waals surface area contributed by atoms with Crippen LogP contribution in [0.2, 0.25) is 0 Å². The molecule has 0 saturated heterocycles. The van der Waals surface area contributed by atoms with Gasteiger partial charge in [-0.3, -0.25) is 4.79 Å². The lowest BCUT2D eigenvalue weighted by Gasteiger charge is -2.13. The van der Waals surface area contributed by atoms with E-state index in [2.05, 4.69) is 15.2 Å². The lowest BCUT2D eigenvalue weighted by atomic mass is 10.3. The Kier molecular flexibility index (Phi) is 5.07. The average molecular weight is 289 g/mol. The van der Waals surface area contributed by atoms with Gasteiger partial charge in [-0.2, -0.15) is 4.72 Å². The number of nitrogens with one attached hydrogen (secondary N) is 2. The predicted molar refractivity (Wildman–Crippen MR) is 69.1 cm³/mol. The maximum Gasteiger partial charge on any atom is 0.246 e. The lowest BCUT2D eigenvalue weighted by Crippen LogP contribution is -2.45. The Labute approximate surface area is 112 Å². The van der Waals surface area contributed by atoms with Crippen molar-refractivity contribution >= 4 is 15.9 Å². The first-order valence-electron chi connectivity index (χ1n) is 6.02. The number of aromatic nitrogens is 1. The number of hydrogen-bond donors (Lipinski definition) is 2. The molecule has 0 aliphatic carbocycles. The third-order valence-electron chi connectivity index (χ3n) is 2.51. The highest BCUT2D eigenvalue weighted by molar-refractivity contribution is 7.89. The van der Waals surface area contributed by atoms with Gasteiger partial charge in [-0.1, -0.05) is 12.1 Å². The van der Waals surface area contributed by atoms with Crippen molar-refractivity contribution in [2.75, 3.05) is 6.54 Å². The molecule has 0 saturated carbocycles. The zero-order valence-electron chi connectivity index (χ0n) is 11.5. The Bertz CT molecular complexity index is 531. The maximum absolute atomic E-state index is 12.1. The van der Waals surface area contributed by atoms with Gasteiger partial charge < -0.3 is 9.84 Å². The fourth-order valence-corrected chi connectivity index (χ4v) is 3.14. The lowest BCUT2D eigenvalue weighted by molar-refractivity contribution is -0.122. The molecule has 1 atom stereocenters. The van der Waals surface area contributed by atoms with Crippen molar-refractivity contribution in [3.8, 4) is 0 Å². The number of sulfonamides is 1. The van der Waals surface area contributed by atoms with E-state index in [0.717, 1.165) is 6.42 Å². The summed E-state index contributed by atoms with van der Waals surface area (Å²) in [7, 11) is -3.81. The van der Waals surface area contributed by atoms with Gasteiger partial charge in [0.2, 0.25) is 15.9 Å². The van der Waals surface area contributed by atoms with Gasteiger partial charge in [0.05, 0.1) is 6.04 Å². The molecule has 1 aromatic heterocycles. The summed E-state index contributed by atoms with van der Waals surface area (Å²) >= 11 is 0. The van der Waals surface area contributed by atoms with E-state index in [9.17, 15) is 13.2 Å². The molecule has 1 aromatic rings. The van der Waals surface area contributed by atoms with Gasteiger partial charge in [0.1, 0.15) is 10.6 Å². The molecule has 1 heterocycles.